The summed E-state index contributed by atoms with van der Waals surface area (Å²) < 4.78 is 28.4. The van der Waals surface area contributed by atoms with Crippen molar-refractivity contribution in [3.05, 3.63) is 28.2 Å². The van der Waals surface area contributed by atoms with Gasteiger partial charge in [0.05, 0.1) is 4.90 Å². The van der Waals surface area contributed by atoms with Gasteiger partial charge < -0.3 is 5.32 Å². The Balaban J connectivity index is 0.00000200. The quantitative estimate of drug-likeness (QED) is 0.843. The normalized spacial score (nSPS) is 23.1. The predicted molar refractivity (Wildman–Crippen MR) is 86.9 cm³/mol. The number of sulfonamides is 1. The van der Waals surface area contributed by atoms with Crippen LogP contribution < -0.4 is 10.0 Å². The third kappa shape index (κ3) is 4.43. The number of aryl methyl sites for hydroxylation is 1. The second-order valence-electron chi connectivity index (χ2n) is 5.16. The maximum absolute atomic E-state index is 12.4. The Morgan fingerprint density at radius 3 is 2.65 bits per heavy atom. The van der Waals surface area contributed by atoms with E-state index in [4.69, 9.17) is 0 Å². The monoisotopic (exact) mass is 382 g/mol. The van der Waals surface area contributed by atoms with Crippen molar-refractivity contribution in [3.8, 4) is 0 Å². The Hall–Kier alpha value is -0.140. The van der Waals surface area contributed by atoms with Gasteiger partial charge in [-0.3, -0.25) is 0 Å². The van der Waals surface area contributed by atoms with Crippen LogP contribution in [-0.2, 0) is 10.0 Å². The molecule has 0 aliphatic carbocycles. The molecule has 0 amide bonds. The Morgan fingerprint density at radius 1 is 1.35 bits per heavy atom. The first kappa shape index (κ1) is 17.9. The van der Waals surface area contributed by atoms with Gasteiger partial charge in [-0.25, -0.2) is 13.1 Å². The highest BCUT2D eigenvalue weighted by atomic mass is 79.9. The van der Waals surface area contributed by atoms with Crippen LogP contribution in [0.3, 0.4) is 0 Å². The predicted octanol–water partition coefficient (Wildman–Crippen LogP) is 2.46. The summed E-state index contributed by atoms with van der Waals surface area (Å²) in [7, 11) is -3.45. The average Bonchev–Trinajstić information content (AvgIpc) is 2.31. The minimum absolute atomic E-state index is 0. The van der Waals surface area contributed by atoms with E-state index in [0.29, 0.717) is 10.8 Å². The summed E-state index contributed by atoms with van der Waals surface area (Å²) in [5, 5.41) is 3.27. The van der Waals surface area contributed by atoms with Crippen molar-refractivity contribution in [2.24, 2.45) is 5.92 Å². The van der Waals surface area contributed by atoms with E-state index in [0.717, 1.165) is 29.5 Å². The number of halogens is 2. The van der Waals surface area contributed by atoms with Gasteiger partial charge in [0.1, 0.15) is 0 Å². The van der Waals surface area contributed by atoms with E-state index in [1.807, 2.05) is 13.0 Å². The molecular formula is C13H20BrClN2O2S. The van der Waals surface area contributed by atoms with Crippen LogP contribution in [0.4, 0.5) is 0 Å². The number of nitrogens with one attached hydrogen (secondary N) is 2. The summed E-state index contributed by atoms with van der Waals surface area (Å²) in [6, 6.07) is 5.23. The lowest BCUT2D eigenvalue weighted by molar-refractivity contribution is 0.328. The molecule has 20 heavy (non-hydrogen) atoms. The molecule has 1 aromatic rings. The lowest BCUT2D eigenvalue weighted by atomic mass is 9.97. The van der Waals surface area contributed by atoms with Gasteiger partial charge in [-0.15, -0.1) is 12.4 Å². The maximum Gasteiger partial charge on any atom is 0.240 e. The number of benzene rings is 1. The van der Waals surface area contributed by atoms with Crippen LogP contribution in [-0.4, -0.2) is 27.5 Å². The molecule has 0 saturated carbocycles. The van der Waals surface area contributed by atoms with Crippen LogP contribution in [0.5, 0.6) is 0 Å². The summed E-state index contributed by atoms with van der Waals surface area (Å²) in [4.78, 5) is 0.324. The number of hydrogen-bond donors (Lipinski definition) is 2. The van der Waals surface area contributed by atoms with Crippen LogP contribution in [0.25, 0.3) is 0 Å². The lowest BCUT2D eigenvalue weighted by Gasteiger charge is -2.30. The van der Waals surface area contributed by atoms with Crippen molar-refractivity contribution in [2.45, 2.75) is 31.2 Å². The Labute approximate surface area is 135 Å². The van der Waals surface area contributed by atoms with E-state index < -0.39 is 10.0 Å². The molecule has 0 aromatic heterocycles. The fourth-order valence-corrected chi connectivity index (χ4v) is 4.58. The summed E-state index contributed by atoms with van der Waals surface area (Å²) in [5.74, 6) is 0.303. The molecule has 1 aliphatic heterocycles. The number of rotatable bonds is 3. The van der Waals surface area contributed by atoms with Gasteiger partial charge in [-0.1, -0.05) is 22.9 Å². The van der Waals surface area contributed by atoms with Crippen LogP contribution in [0, 0.1) is 12.8 Å². The zero-order chi connectivity index (χ0) is 14.0. The van der Waals surface area contributed by atoms with Gasteiger partial charge in [0.2, 0.25) is 10.0 Å². The standard InChI is InChI=1S/C13H19BrN2O2S.ClH/c1-9-5-11(14)7-12(6-9)19(17,18)16-13-3-4-15-8-10(13)2;/h5-7,10,13,15-16H,3-4,8H2,1-2H3;1H. The molecule has 1 heterocycles. The van der Waals surface area contributed by atoms with E-state index >= 15 is 0 Å². The molecular weight excluding hydrogens is 364 g/mol. The van der Waals surface area contributed by atoms with Crippen LogP contribution in [0.15, 0.2) is 27.6 Å². The zero-order valence-corrected chi connectivity index (χ0v) is 14.7. The molecule has 114 valence electrons. The maximum atomic E-state index is 12.4. The van der Waals surface area contributed by atoms with Gasteiger partial charge in [0.25, 0.3) is 0 Å². The molecule has 2 rings (SSSR count). The second kappa shape index (κ2) is 7.22. The fraction of sp³-hybridized carbons (Fsp3) is 0.538. The molecule has 0 bridgehead atoms. The van der Waals surface area contributed by atoms with E-state index in [2.05, 4.69) is 32.9 Å². The molecule has 2 atom stereocenters. The number of piperidine rings is 1. The van der Waals surface area contributed by atoms with E-state index in [9.17, 15) is 8.42 Å². The highest BCUT2D eigenvalue weighted by Crippen LogP contribution is 2.21. The Bertz CT molecular complexity index is 545. The topological polar surface area (TPSA) is 58.2 Å². The van der Waals surface area contributed by atoms with Gasteiger partial charge in [0.15, 0.2) is 0 Å². The van der Waals surface area contributed by atoms with Crippen LogP contribution in [0.1, 0.15) is 18.9 Å². The molecule has 1 saturated heterocycles. The first-order chi connectivity index (χ1) is 8.88. The number of hydrogen-bond acceptors (Lipinski definition) is 3. The zero-order valence-electron chi connectivity index (χ0n) is 11.5. The minimum atomic E-state index is -3.45. The Kier molecular flexibility index (Phi) is 6.47. The SMILES string of the molecule is Cc1cc(Br)cc(S(=O)(=O)NC2CCNCC2C)c1.Cl. The molecule has 1 fully saturated rings. The minimum Gasteiger partial charge on any atom is -0.316 e. The summed E-state index contributed by atoms with van der Waals surface area (Å²) in [6.45, 7) is 5.65. The molecule has 0 radical (unpaired) electrons. The highest BCUT2D eigenvalue weighted by molar-refractivity contribution is 9.10. The average molecular weight is 384 g/mol. The fourth-order valence-electron chi connectivity index (χ4n) is 2.31. The van der Waals surface area contributed by atoms with Gasteiger partial charge in [-0.05, 0) is 56.1 Å². The second-order valence-corrected chi connectivity index (χ2v) is 7.79. The van der Waals surface area contributed by atoms with Crippen molar-refractivity contribution in [3.63, 3.8) is 0 Å². The van der Waals surface area contributed by atoms with Crippen molar-refractivity contribution < 1.29 is 8.42 Å². The first-order valence-corrected chi connectivity index (χ1v) is 8.66. The lowest BCUT2D eigenvalue weighted by Crippen LogP contribution is -2.48. The smallest absolute Gasteiger partial charge is 0.240 e. The molecule has 1 aliphatic rings. The summed E-state index contributed by atoms with van der Waals surface area (Å²) >= 11 is 3.34. The molecule has 1 aromatic carbocycles. The molecule has 2 unspecified atom stereocenters. The molecule has 0 spiro atoms. The third-order valence-corrected chi connectivity index (χ3v) is 5.34. The van der Waals surface area contributed by atoms with E-state index in [-0.39, 0.29) is 18.4 Å². The van der Waals surface area contributed by atoms with Crippen molar-refractivity contribution >= 4 is 38.4 Å². The highest BCUT2D eigenvalue weighted by Gasteiger charge is 2.26. The largest absolute Gasteiger partial charge is 0.316 e. The third-order valence-electron chi connectivity index (χ3n) is 3.42. The van der Waals surface area contributed by atoms with Gasteiger partial charge >= 0.3 is 0 Å². The van der Waals surface area contributed by atoms with E-state index in [1.54, 1.807) is 12.1 Å². The van der Waals surface area contributed by atoms with Gasteiger partial charge in [-0.2, -0.15) is 0 Å². The van der Waals surface area contributed by atoms with Crippen molar-refractivity contribution in [1.82, 2.24) is 10.0 Å². The first-order valence-electron chi connectivity index (χ1n) is 6.39. The van der Waals surface area contributed by atoms with Gasteiger partial charge in [0, 0.05) is 10.5 Å². The Morgan fingerprint density at radius 2 is 2.05 bits per heavy atom. The summed E-state index contributed by atoms with van der Waals surface area (Å²) in [6.07, 6.45) is 0.827. The van der Waals surface area contributed by atoms with E-state index in [1.165, 1.54) is 0 Å². The van der Waals surface area contributed by atoms with Crippen molar-refractivity contribution in [1.29, 1.82) is 0 Å². The van der Waals surface area contributed by atoms with Crippen LogP contribution >= 0.6 is 28.3 Å². The molecule has 4 nitrogen and oxygen atoms in total. The van der Waals surface area contributed by atoms with Crippen molar-refractivity contribution in [2.75, 3.05) is 13.1 Å². The summed E-state index contributed by atoms with van der Waals surface area (Å²) in [5.41, 5.74) is 0.924. The molecule has 2 N–H and O–H groups in total. The van der Waals surface area contributed by atoms with Crippen LogP contribution in [0.2, 0.25) is 0 Å². The molecule has 7 heteroatoms.